The van der Waals surface area contributed by atoms with Crippen LogP contribution in [0, 0.1) is 0 Å². The number of benzene rings is 2. The van der Waals surface area contributed by atoms with Crippen molar-refractivity contribution in [1.82, 2.24) is 4.72 Å². The van der Waals surface area contributed by atoms with Crippen molar-refractivity contribution in [2.45, 2.75) is 24.2 Å². The molecular weight excluding hydrogens is 364 g/mol. The summed E-state index contributed by atoms with van der Waals surface area (Å²) in [5.74, 6) is 1.09. The maximum atomic E-state index is 12.3. The summed E-state index contributed by atoms with van der Waals surface area (Å²) in [6.07, 6.45) is -1.15. The molecule has 0 amide bonds. The van der Waals surface area contributed by atoms with E-state index in [1.165, 1.54) is 24.3 Å². The topological polar surface area (TPSA) is 64.6 Å². The lowest BCUT2D eigenvalue weighted by Crippen LogP contribution is -2.26. The Labute approximate surface area is 151 Å². The van der Waals surface area contributed by atoms with E-state index in [0.717, 1.165) is 23.3 Å². The molecule has 0 atom stereocenters. The van der Waals surface area contributed by atoms with Gasteiger partial charge in [0, 0.05) is 13.0 Å². The van der Waals surface area contributed by atoms with Gasteiger partial charge >= 0.3 is 0 Å². The molecule has 3 rings (SSSR count). The third kappa shape index (κ3) is 4.70. The molecule has 8 heteroatoms. The summed E-state index contributed by atoms with van der Waals surface area (Å²) >= 11 is 0. The highest BCUT2D eigenvalue weighted by atomic mass is 32.2. The summed E-state index contributed by atoms with van der Waals surface area (Å²) < 4.78 is 61.6. The minimum atomic E-state index is -3.67. The maximum absolute atomic E-state index is 12.3. The highest BCUT2D eigenvalue weighted by Crippen LogP contribution is 2.26. The number of nitrogens with one attached hydrogen (secondary N) is 1. The van der Waals surface area contributed by atoms with Gasteiger partial charge in [0.1, 0.15) is 18.1 Å². The van der Waals surface area contributed by atoms with Gasteiger partial charge in [-0.3, -0.25) is 0 Å². The molecule has 5 nitrogen and oxygen atoms in total. The van der Waals surface area contributed by atoms with Crippen LogP contribution in [-0.4, -0.2) is 34.6 Å². The van der Waals surface area contributed by atoms with Gasteiger partial charge in [0.2, 0.25) is 10.0 Å². The van der Waals surface area contributed by atoms with E-state index in [1.54, 1.807) is 0 Å². The van der Waals surface area contributed by atoms with E-state index in [9.17, 15) is 17.2 Å². The quantitative estimate of drug-likeness (QED) is 0.761. The van der Waals surface area contributed by atoms with Gasteiger partial charge in [-0.1, -0.05) is 12.1 Å². The van der Waals surface area contributed by atoms with Crippen molar-refractivity contribution in [2.24, 2.45) is 0 Å². The molecule has 0 aromatic heterocycles. The third-order valence-corrected chi connectivity index (χ3v) is 5.45. The number of fused-ring (bicyclic) bond motifs is 1. The fraction of sp³-hybridized carbons (Fsp3) is 0.333. The highest BCUT2D eigenvalue weighted by molar-refractivity contribution is 7.89. The second-order valence-electron chi connectivity index (χ2n) is 5.86. The average Bonchev–Trinajstić information content (AvgIpc) is 3.08. The van der Waals surface area contributed by atoms with E-state index in [1.807, 2.05) is 18.2 Å². The minimum Gasteiger partial charge on any atom is -0.493 e. The molecule has 0 aliphatic carbocycles. The molecule has 140 valence electrons. The Morgan fingerprint density at radius 2 is 1.92 bits per heavy atom. The molecule has 2 aromatic carbocycles. The van der Waals surface area contributed by atoms with Gasteiger partial charge in [-0.05, 0) is 47.9 Å². The monoisotopic (exact) mass is 383 g/mol. The summed E-state index contributed by atoms with van der Waals surface area (Å²) in [6.45, 7) is 0.213. The highest BCUT2D eigenvalue weighted by Gasteiger charge is 2.15. The van der Waals surface area contributed by atoms with Gasteiger partial charge in [0.05, 0.1) is 11.5 Å². The number of alkyl halides is 2. The molecule has 1 N–H and O–H groups in total. The van der Waals surface area contributed by atoms with E-state index in [2.05, 4.69) is 4.72 Å². The minimum absolute atomic E-state index is 0.0595. The summed E-state index contributed by atoms with van der Waals surface area (Å²) in [5, 5.41) is 0. The summed E-state index contributed by atoms with van der Waals surface area (Å²) in [5.41, 5.74) is 2.18. The van der Waals surface area contributed by atoms with Crippen LogP contribution in [0.3, 0.4) is 0 Å². The lowest BCUT2D eigenvalue weighted by atomic mass is 10.1. The average molecular weight is 383 g/mol. The first-order chi connectivity index (χ1) is 12.4. The van der Waals surface area contributed by atoms with Crippen molar-refractivity contribution in [3.05, 3.63) is 53.6 Å². The van der Waals surface area contributed by atoms with Gasteiger partial charge < -0.3 is 9.47 Å². The Hall–Kier alpha value is -2.19. The Kier molecular flexibility index (Phi) is 5.73. The van der Waals surface area contributed by atoms with Gasteiger partial charge in [-0.25, -0.2) is 21.9 Å². The van der Waals surface area contributed by atoms with Crippen molar-refractivity contribution in [3.63, 3.8) is 0 Å². The number of sulfonamides is 1. The third-order valence-electron chi connectivity index (χ3n) is 3.97. The lowest BCUT2D eigenvalue weighted by Gasteiger charge is -2.09. The molecule has 0 spiro atoms. The summed E-state index contributed by atoms with van der Waals surface area (Å²) in [6, 6.07) is 11.2. The van der Waals surface area contributed by atoms with Crippen LogP contribution < -0.4 is 14.2 Å². The zero-order chi connectivity index (χ0) is 18.6. The van der Waals surface area contributed by atoms with Crippen LogP contribution in [0.15, 0.2) is 47.4 Å². The van der Waals surface area contributed by atoms with E-state index in [-0.39, 0.29) is 17.2 Å². The fourth-order valence-corrected chi connectivity index (χ4v) is 3.71. The Morgan fingerprint density at radius 1 is 1.15 bits per heavy atom. The van der Waals surface area contributed by atoms with Crippen LogP contribution in [0.5, 0.6) is 11.5 Å². The SMILES string of the molecule is O=S(=O)(NCCc1ccc2c(c1)CCO2)c1ccc(OCC(F)F)cc1. The predicted octanol–water partition coefficient (Wildman–Crippen LogP) is 2.79. The molecule has 0 saturated heterocycles. The zero-order valence-corrected chi connectivity index (χ0v) is 14.8. The van der Waals surface area contributed by atoms with Crippen LogP contribution in [0.2, 0.25) is 0 Å². The molecular formula is C18H19F2NO4S. The normalized spacial score (nSPS) is 13.5. The zero-order valence-electron chi connectivity index (χ0n) is 14.0. The molecule has 2 aromatic rings. The Bertz CT molecular complexity index is 854. The van der Waals surface area contributed by atoms with Crippen molar-refractivity contribution >= 4 is 10.0 Å². The van der Waals surface area contributed by atoms with Gasteiger partial charge in [-0.15, -0.1) is 0 Å². The summed E-state index contributed by atoms with van der Waals surface area (Å²) in [7, 11) is -3.67. The molecule has 0 unspecified atom stereocenters. The molecule has 0 saturated carbocycles. The first-order valence-corrected chi connectivity index (χ1v) is 9.68. The molecule has 0 fully saturated rings. The van der Waals surface area contributed by atoms with E-state index >= 15 is 0 Å². The summed E-state index contributed by atoms with van der Waals surface area (Å²) in [4.78, 5) is 0.0595. The van der Waals surface area contributed by atoms with Crippen molar-refractivity contribution in [2.75, 3.05) is 19.8 Å². The number of rotatable bonds is 8. The van der Waals surface area contributed by atoms with Crippen LogP contribution in [0.1, 0.15) is 11.1 Å². The Balaban J connectivity index is 1.55. The first kappa shape index (κ1) is 18.6. The van der Waals surface area contributed by atoms with Crippen molar-refractivity contribution in [3.8, 4) is 11.5 Å². The smallest absolute Gasteiger partial charge is 0.272 e. The van der Waals surface area contributed by atoms with E-state index in [0.29, 0.717) is 13.0 Å². The van der Waals surface area contributed by atoms with Crippen molar-refractivity contribution in [1.29, 1.82) is 0 Å². The number of hydrogen-bond acceptors (Lipinski definition) is 4. The standard InChI is InChI=1S/C18H19F2NO4S/c19-18(20)12-25-15-2-4-16(5-3-15)26(22,23)21-9-7-13-1-6-17-14(11-13)8-10-24-17/h1-6,11,18,21H,7-10,12H2. The number of ether oxygens (including phenoxy) is 2. The van der Waals surface area contributed by atoms with Crippen LogP contribution in [0.4, 0.5) is 8.78 Å². The van der Waals surface area contributed by atoms with Crippen LogP contribution >= 0.6 is 0 Å². The molecule has 1 heterocycles. The van der Waals surface area contributed by atoms with Gasteiger partial charge in [0.25, 0.3) is 6.43 Å². The van der Waals surface area contributed by atoms with Crippen LogP contribution in [-0.2, 0) is 22.9 Å². The van der Waals surface area contributed by atoms with Crippen LogP contribution in [0.25, 0.3) is 0 Å². The van der Waals surface area contributed by atoms with Gasteiger partial charge in [-0.2, -0.15) is 0 Å². The first-order valence-electron chi connectivity index (χ1n) is 8.19. The lowest BCUT2D eigenvalue weighted by molar-refractivity contribution is 0.0819. The number of hydrogen-bond donors (Lipinski definition) is 1. The van der Waals surface area contributed by atoms with E-state index < -0.39 is 23.1 Å². The molecule has 0 radical (unpaired) electrons. The molecule has 1 aliphatic rings. The van der Waals surface area contributed by atoms with Crippen molar-refractivity contribution < 1.29 is 26.7 Å². The second kappa shape index (κ2) is 8.01. The van der Waals surface area contributed by atoms with Gasteiger partial charge in [0.15, 0.2) is 0 Å². The largest absolute Gasteiger partial charge is 0.493 e. The molecule has 0 bridgehead atoms. The Morgan fingerprint density at radius 3 is 2.65 bits per heavy atom. The molecule has 1 aliphatic heterocycles. The predicted molar refractivity (Wildman–Crippen MR) is 92.5 cm³/mol. The second-order valence-corrected chi connectivity index (χ2v) is 7.63. The van der Waals surface area contributed by atoms with E-state index in [4.69, 9.17) is 9.47 Å². The number of halogens is 2. The maximum Gasteiger partial charge on any atom is 0.272 e. The molecule has 26 heavy (non-hydrogen) atoms. The fourth-order valence-electron chi connectivity index (χ4n) is 2.68.